The lowest BCUT2D eigenvalue weighted by Gasteiger charge is -2.46. The molecule has 0 aromatic heterocycles. The van der Waals surface area contributed by atoms with Crippen molar-refractivity contribution in [3.63, 3.8) is 0 Å². The minimum Gasteiger partial charge on any atom is -0.338 e. The first-order valence-corrected chi connectivity index (χ1v) is 12.1. The van der Waals surface area contributed by atoms with Crippen LogP contribution in [0.3, 0.4) is 0 Å². The second-order valence-electron chi connectivity index (χ2n) is 9.84. The lowest BCUT2D eigenvalue weighted by atomic mass is 9.75. The van der Waals surface area contributed by atoms with Crippen LogP contribution in [0.15, 0.2) is 48.5 Å². The first-order chi connectivity index (χ1) is 16.0. The maximum Gasteiger partial charge on any atom is 0.254 e. The molecule has 33 heavy (non-hydrogen) atoms. The molecular weight excluding hydrogens is 417 g/mol. The van der Waals surface area contributed by atoms with Crippen LogP contribution in [0.25, 0.3) is 0 Å². The van der Waals surface area contributed by atoms with Gasteiger partial charge in [-0.25, -0.2) is 4.39 Å². The van der Waals surface area contributed by atoms with Crippen LogP contribution in [0.5, 0.6) is 0 Å². The van der Waals surface area contributed by atoms with Crippen LogP contribution in [0.1, 0.15) is 59.5 Å². The number of amides is 2. The van der Waals surface area contributed by atoms with E-state index >= 15 is 0 Å². The van der Waals surface area contributed by atoms with Crippen LogP contribution in [0.2, 0.25) is 0 Å². The molecule has 0 radical (unpaired) electrons. The van der Waals surface area contributed by atoms with Crippen molar-refractivity contribution in [1.29, 1.82) is 0 Å². The Bertz CT molecular complexity index is 1030. The molecule has 3 aliphatic heterocycles. The molecule has 3 fully saturated rings. The molecule has 3 heterocycles. The molecule has 3 aliphatic rings. The highest BCUT2D eigenvalue weighted by Gasteiger charge is 2.53. The van der Waals surface area contributed by atoms with Crippen LogP contribution in [0, 0.1) is 5.82 Å². The average Bonchev–Trinajstić information content (AvgIpc) is 3.47. The summed E-state index contributed by atoms with van der Waals surface area (Å²) in [7, 11) is 1.87. The largest absolute Gasteiger partial charge is 0.338 e. The topological polar surface area (TPSA) is 43.9 Å². The Labute approximate surface area is 195 Å². The SMILES string of the molecule is CN1C(=O)CCC[C@]12CN(C(=O)c1ccccc1CN1CCCC1)C[C@H]2c1ccc(F)cc1. The molecule has 2 aromatic carbocycles. The molecule has 2 amide bonds. The second-order valence-corrected chi connectivity index (χ2v) is 9.84. The number of halogens is 1. The average molecular weight is 450 g/mol. The summed E-state index contributed by atoms with van der Waals surface area (Å²) in [6.07, 6.45) is 4.63. The Hall–Kier alpha value is -2.73. The highest BCUT2D eigenvalue weighted by atomic mass is 19.1. The number of nitrogens with zero attached hydrogens (tertiary/aromatic N) is 3. The van der Waals surface area contributed by atoms with Crippen molar-refractivity contribution in [1.82, 2.24) is 14.7 Å². The highest BCUT2D eigenvalue weighted by Crippen LogP contribution is 2.46. The fourth-order valence-corrected chi connectivity index (χ4v) is 6.10. The van der Waals surface area contributed by atoms with Gasteiger partial charge in [0.25, 0.3) is 5.91 Å². The number of likely N-dealkylation sites (tertiary alicyclic amines) is 3. The summed E-state index contributed by atoms with van der Waals surface area (Å²) in [5, 5.41) is 0. The van der Waals surface area contributed by atoms with Gasteiger partial charge >= 0.3 is 0 Å². The van der Waals surface area contributed by atoms with Crippen molar-refractivity contribution < 1.29 is 14.0 Å². The van der Waals surface area contributed by atoms with Gasteiger partial charge in [0.2, 0.25) is 5.91 Å². The molecule has 5 rings (SSSR count). The van der Waals surface area contributed by atoms with Crippen LogP contribution in [0.4, 0.5) is 4.39 Å². The summed E-state index contributed by atoms with van der Waals surface area (Å²) < 4.78 is 13.7. The zero-order valence-electron chi connectivity index (χ0n) is 19.3. The van der Waals surface area contributed by atoms with Crippen molar-refractivity contribution in [2.45, 2.75) is 50.1 Å². The smallest absolute Gasteiger partial charge is 0.254 e. The summed E-state index contributed by atoms with van der Waals surface area (Å²) in [6, 6.07) is 14.5. The quantitative estimate of drug-likeness (QED) is 0.708. The van der Waals surface area contributed by atoms with Gasteiger partial charge in [-0.1, -0.05) is 30.3 Å². The van der Waals surface area contributed by atoms with Gasteiger partial charge in [-0.3, -0.25) is 14.5 Å². The maximum atomic E-state index is 13.8. The van der Waals surface area contributed by atoms with Crippen molar-refractivity contribution in [3.8, 4) is 0 Å². The highest BCUT2D eigenvalue weighted by molar-refractivity contribution is 5.96. The summed E-state index contributed by atoms with van der Waals surface area (Å²) in [4.78, 5) is 32.8. The Kier molecular flexibility index (Phi) is 5.95. The summed E-state index contributed by atoms with van der Waals surface area (Å²) in [6.45, 7) is 3.98. The molecule has 0 bridgehead atoms. The molecule has 3 saturated heterocycles. The fraction of sp³-hybridized carbons (Fsp3) is 0.481. The van der Waals surface area contributed by atoms with Crippen LogP contribution >= 0.6 is 0 Å². The van der Waals surface area contributed by atoms with E-state index in [1.165, 1.54) is 25.0 Å². The summed E-state index contributed by atoms with van der Waals surface area (Å²) in [5.41, 5.74) is 2.35. The van der Waals surface area contributed by atoms with Gasteiger partial charge < -0.3 is 9.80 Å². The Balaban J connectivity index is 1.46. The van der Waals surface area contributed by atoms with Crippen molar-refractivity contribution in [2.75, 3.05) is 33.2 Å². The van der Waals surface area contributed by atoms with Crippen molar-refractivity contribution in [3.05, 3.63) is 71.0 Å². The van der Waals surface area contributed by atoms with E-state index in [1.54, 1.807) is 0 Å². The lowest BCUT2D eigenvalue weighted by Crippen LogP contribution is -2.57. The fourth-order valence-electron chi connectivity index (χ4n) is 6.10. The molecule has 2 aromatic rings. The molecule has 0 unspecified atom stereocenters. The third kappa shape index (κ3) is 4.05. The zero-order valence-corrected chi connectivity index (χ0v) is 19.3. The Morgan fingerprint density at radius 3 is 2.55 bits per heavy atom. The molecule has 0 aliphatic carbocycles. The van der Waals surface area contributed by atoms with Crippen LogP contribution in [-0.4, -0.2) is 65.3 Å². The van der Waals surface area contributed by atoms with E-state index in [2.05, 4.69) is 11.0 Å². The summed E-state index contributed by atoms with van der Waals surface area (Å²) in [5.74, 6) is -0.165. The van der Waals surface area contributed by atoms with Crippen molar-refractivity contribution >= 4 is 11.8 Å². The van der Waals surface area contributed by atoms with Crippen molar-refractivity contribution in [2.24, 2.45) is 0 Å². The van der Waals surface area contributed by atoms with E-state index in [-0.39, 0.29) is 23.5 Å². The minimum absolute atomic E-state index is 0.0280. The number of hydrogen-bond acceptors (Lipinski definition) is 3. The number of carbonyl (C=O) groups is 2. The van der Waals surface area contributed by atoms with E-state index in [4.69, 9.17) is 0 Å². The summed E-state index contributed by atoms with van der Waals surface area (Å²) >= 11 is 0. The van der Waals surface area contributed by atoms with Gasteiger partial charge in [-0.05, 0) is 68.1 Å². The molecule has 5 nitrogen and oxygen atoms in total. The van der Waals surface area contributed by atoms with E-state index in [0.29, 0.717) is 19.5 Å². The standard InChI is InChI=1S/C27H32FN3O2/c1-29-25(32)9-6-14-27(29)19-31(18-24(27)20-10-12-22(28)13-11-20)26(33)23-8-3-2-7-21(23)17-30-15-4-5-16-30/h2-3,7-8,10-13,24H,4-6,9,14-19H2,1H3/t24-,27+/m0/s1. The Morgan fingerprint density at radius 2 is 1.79 bits per heavy atom. The van der Waals surface area contributed by atoms with E-state index in [0.717, 1.165) is 49.2 Å². The first kappa shape index (κ1) is 22.1. The number of hydrogen-bond donors (Lipinski definition) is 0. The van der Waals surface area contributed by atoms with Gasteiger partial charge in [0, 0.05) is 44.6 Å². The van der Waals surface area contributed by atoms with E-state index in [1.807, 2.05) is 47.2 Å². The van der Waals surface area contributed by atoms with Crippen LogP contribution in [-0.2, 0) is 11.3 Å². The molecule has 0 saturated carbocycles. The molecule has 6 heteroatoms. The van der Waals surface area contributed by atoms with Crippen LogP contribution < -0.4 is 0 Å². The number of carbonyl (C=O) groups excluding carboxylic acids is 2. The predicted molar refractivity (Wildman–Crippen MR) is 125 cm³/mol. The van der Waals surface area contributed by atoms with Gasteiger partial charge in [0.15, 0.2) is 0 Å². The second kappa shape index (κ2) is 8.90. The molecular formula is C27H32FN3O2. The van der Waals surface area contributed by atoms with E-state index in [9.17, 15) is 14.0 Å². The number of likely N-dealkylation sites (N-methyl/N-ethyl adjacent to an activating group) is 1. The zero-order chi connectivity index (χ0) is 23.0. The molecule has 1 spiro atoms. The molecule has 174 valence electrons. The van der Waals surface area contributed by atoms with Gasteiger partial charge in [-0.15, -0.1) is 0 Å². The molecule has 2 atom stereocenters. The maximum absolute atomic E-state index is 13.8. The Morgan fingerprint density at radius 1 is 1.06 bits per heavy atom. The lowest BCUT2D eigenvalue weighted by molar-refractivity contribution is -0.139. The normalized spacial score (nSPS) is 25.9. The third-order valence-electron chi connectivity index (χ3n) is 7.96. The van der Waals surface area contributed by atoms with E-state index < -0.39 is 5.54 Å². The third-order valence-corrected chi connectivity index (χ3v) is 7.96. The first-order valence-electron chi connectivity index (χ1n) is 12.1. The minimum atomic E-state index is -0.452. The van der Waals surface area contributed by atoms with Gasteiger partial charge in [0.1, 0.15) is 5.82 Å². The van der Waals surface area contributed by atoms with Gasteiger partial charge in [0.05, 0.1) is 5.54 Å². The number of piperidine rings is 1. The molecule has 0 N–H and O–H groups in total. The van der Waals surface area contributed by atoms with Gasteiger partial charge in [-0.2, -0.15) is 0 Å². The number of rotatable bonds is 4. The number of benzene rings is 2. The predicted octanol–water partition coefficient (Wildman–Crippen LogP) is 4.04. The monoisotopic (exact) mass is 449 g/mol.